The summed E-state index contributed by atoms with van der Waals surface area (Å²) in [5.41, 5.74) is 1.81. The first-order chi connectivity index (χ1) is 8.16. The molecule has 2 aromatic rings. The number of hydrogen-bond acceptors (Lipinski definition) is 2. The van der Waals surface area contributed by atoms with Gasteiger partial charge in [-0.15, -0.1) is 0 Å². The Bertz CT molecular complexity index is 532. The fourth-order valence-corrected chi connectivity index (χ4v) is 2.30. The first-order valence-electron chi connectivity index (χ1n) is 4.95. The maximum absolute atomic E-state index is 6.12. The maximum atomic E-state index is 6.12. The molecule has 0 fully saturated rings. The Hall–Kier alpha value is -0.770. The molecule has 0 saturated carbocycles. The van der Waals surface area contributed by atoms with E-state index in [4.69, 9.17) is 23.2 Å². The SMILES string of the molecule is Clc1cc(Br)ccc1CNc1cccnc1Cl. The van der Waals surface area contributed by atoms with Gasteiger partial charge in [0, 0.05) is 22.2 Å². The number of anilines is 1. The molecule has 88 valence electrons. The summed E-state index contributed by atoms with van der Waals surface area (Å²) in [4.78, 5) is 3.99. The van der Waals surface area contributed by atoms with Crippen molar-refractivity contribution >= 4 is 44.8 Å². The fourth-order valence-electron chi connectivity index (χ4n) is 1.37. The smallest absolute Gasteiger partial charge is 0.152 e. The predicted molar refractivity (Wildman–Crippen MR) is 75.7 cm³/mol. The molecule has 0 radical (unpaired) electrons. The van der Waals surface area contributed by atoms with Crippen molar-refractivity contribution in [3.8, 4) is 0 Å². The van der Waals surface area contributed by atoms with Crippen molar-refractivity contribution in [1.82, 2.24) is 4.98 Å². The predicted octanol–water partition coefficient (Wildman–Crippen LogP) is 4.76. The zero-order valence-electron chi connectivity index (χ0n) is 8.75. The number of rotatable bonds is 3. The summed E-state index contributed by atoms with van der Waals surface area (Å²) < 4.78 is 0.964. The van der Waals surface area contributed by atoms with Crippen LogP contribution in [0.5, 0.6) is 0 Å². The Labute approximate surface area is 118 Å². The molecule has 0 bridgehead atoms. The monoisotopic (exact) mass is 330 g/mol. The van der Waals surface area contributed by atoms with Crippen molar-refractivity contribution in [3.05, 3.63) is 56.7 Å². The minimum atomic E-state index is 0.459. The van der Waals surface area contributed by atoms with Gasteiger partial charge in [-0.1, -0.05) is 45.2 Å². The minimum absolute atomic E-state index is 0.459. The molecule has 17 heavy (non-hydrogen) atoms. The van der Waals surface area contributed by atoms with Gasteiger partial charge in [0.1, 0.15) is 0 Å². The lowest BCUT2D eigenvalue weighted by Gasteiger charge is -2.09. The Morgan fingerprint density at radius 1 is 1.24 bits per heavy atom. The number of pyridine rings is 1. The van der Waals surface area contributed by atoms with E-state index in [9.17, 15) is 0 Å². The van der Waals surface area contributed by atoms with Crippen molar-refractivity contribution in [2.24, 2.45) is 0 Å². The van der Waals surface area contributed by atoms with E-state index in [0.29, 0.717) is 16.7 Å². The molecule has 1 aromatic carbocycles. The third-order valence-corrected chi connectivity index (χ3v) is 3.39. The van der Waals surface area contributed by atoms with Crippen LogP contribution in [0.25, 0.3) is 0 Å². The van der Waals surface area contributed by atoms with E-state index < -0.39 is 0 Å². The average Bonchev–Trinajstić information content (AvgIpc) is 2.30. The molecule has 1 heterocycles. The second-order valence-corrected chi connectivity index (χ2v) is 5.11. The Morgan fingerprint density at radius 2 is 2.06 bits per heavy atom. The van der Waals surface area contributed by atoms with Crippen LogP contribution < -0.4 is 5.32 Å². The van der Waals surface area contributed by atoms with Gasteiger partial charge in [-0.3, -0.25) is 0 Å². The molecule has 0 aliphatic rings. The van der Waals surface area contributed by atoms with Crippen molar-refractivity contribution in [1.29, 1.82) is 0 Å². The van der Waals surface area contributed by atoms with Crippen LogP contribution in [0.15, 0.2) is 41.0 Å². The molecular formula is C12H9BrCl2N2. The van der Waals surface area contributed by atoms with E-state index in [-0.39, 0.29) is 0 Å². The molecule has 0 spiro atoms. The lowest BCUT2D eigenvalue weighted by atomic mass is 10.2. The molecule has 0 aliphatic carbocycles. The van der Waals surface area contributed by atoms with Crippen LogP contribution in [-0.4, -0.2) is 4.98 Å². The van der Waals surface area contributed by atoms with E-state index >= 15 is 0 Å². The van der Waals surface area contributed by atoms with Crippen LogP contribution in [-0.2, 0) is 6.54 Å². The molecule has 5 heteroatoms. The minimum Gasteiger partial charge on any atom is -0.378 e. The second kappa shape index (κ2) is 5.71. The zero-order valence-corrected chi connectivity index (χ0v) is 11.9. The molecule has 0 atom stereocenters. The largest absolute Gasteiger partial charge is 0.378 e. The average molecular weight is 332 g/mol. The zero-order chi connectivity index (χ0) is 12.3. The normalized spacial score (nSPS) is 10.3. The summed E-state index contributed by atoms with van der Waals surface area (Å²) in [5.74, 6) is 0. The summed E-state index contributed by atoms with van der Waals surface area (Å²) in [6.45, 7) is 0.609. The summed E-state index contributed by atoms with van der Waals surface area (Å²) in [6, 6.07) is 9.49. The number of nitrogens with zero attached hydrogens (tertiary/aromatic N) is 1. The van der Waals surface area contributed by atoms with Gasteiger partial charge in [0.2, 0.25) is 0 Å². The summed E-state index contributed by atoms with van der Waals surface area (Å²) in [7, 11) is 0. The molecule has 1 N–H and O–H groups in total. The van der Waals surface area contributed by atoms with Crippen LogP contribution in [0.1, 0.15) is 5.56 Å². The van der Waals surface area contributed by atoms with Crippen LogP contribution in [0, 0.1) is 0 Å². The Morgan fingerprint density at radius 3 is 2.76 bits per heavy atom. The van der Waals surface area contributed by atoms with Gasteiger partial charge in [0.05, 0.1) is 5.69 Å². The topological polar surface area (TPSA) is 24.9 Å². The van der Waals surface area contributed by atoms with E-state index in [1.54, 1.807) is 6.20 Å². The fraction of sp³-hybridized carbons (Fsp3) is 0.0833. The van der Waals surface area contributed by atoms with Gasteiger partial charge in [-0.2, -0.15) is 0 Å². The second-order valence-electron chi connectivity index (χ2n) is 3.43. The van der Waals surface area contributed by atoms with Gasteiger partial charge in [-0.25, -0.2) is 4.98 Å². The van der Waals surface area contributed by atoms with Gasteiger partial charge >= 0.3 is 0 Å². The highest BCUT2D eigenvalue weighted by Gasteiger charge is 2.03. The van der Waals surface area contributed by atoms with Crippen LogP contribution in [0.4, 0.5) is 5.69 Å². The number of benzene rings is 1. The number of hydrogen-bond donors (Lipinski definition) is 1. The lowest BCUT2D eigenvalue weighted by molar-refractivity contribution is 1.14. The quantitative estimate of drug-likeness (QED) is 0.820. The molecule has 1 aromatic heterocycles. The van der Waals surface area contributed by atoms with Gasteiger partial charge < -0.3 is 5.32 Å². The maximum Gasteiger partial charge on any atom is 0.152 e. The molecule has 0 amide bonds. The van der Waals surface area contributed by atoms with Gasteiger partial charge in [0.25, 0.3) is 0 Å². The van der Waals surface area contributed by atoms with Gasteiger partial charge in [-0.05, 0) is 29.8 Å². The van der Waals surface area contributed by atoms with Gasteiger partial charge in [0.15, 0.2) is 5.15 Å². The van der Waals surface area contributed by atoms with Crippen LogP contribution in [0.2, 0.25) is 10.2 Å². The highest BCUT2D eigenvalue weighted by molar-refractivity contribution is 9.10. The van der Waals surface area contributed by atoms with Crippen molar-refractivity contribution in [2.45, 2.75) is 6.54 Å². The molecule has 2 rings (SSSR count). The summed E-state index contributed by atoms with van der Waals surface area (Å²) in [6.07, 6.45) is 1.65. The number of nitrogens with one attached hydrogen (secondary N) is 1. The molecule has 0 saturated heterocycles. The van der Waals surface area contributed by atoms with Crippen LogP contribution in [0.3, 0.4) is 0 Å². The van der Waals surface area contributed by atoms with Crippen molar-refractivity contribution in [2.75, 3.05) is 5.32 Å². The lowest BCUT2D eigenvalue weighted by Crippen LogP contribution is -2.01. The van der Waals surface area contributed by atoms with E-state index in [1.807, 2.05) is 30.3 Å². The first kappa shape index (κ1) is 12.7. The van der Waals surface area contributed by atoms with E-state index in [1.165, 1.54) is 0 Å². The number of halogens is 3. The highest BCUT2D eigenvalue weighted by Crippen LogP contribution is 2.23. The molecule has 0 aliphatic heterocycles. The van der Waals surface area contributed by atoms with Crippen molar-refractivity contribution < 1.29 is 0 Å². The molecule has 2 nitrogen and oxygen atoms in total. The number of aromatic nitrogens is 1. The summed E-state index contributed by atoms with van der Waals surface area (Å²) >= 11 is 15.4. The van der Waals surface area contributed by atoms with E-state index in [2.05, 4.69) is 26.2 Å². The Kier molecular flexibility index (Phi) is 4.26. The summed E-state index contributed by atoms with van der Waals surface area (Å²) in [5, 5.41) is 4.37. The third-order valence-electron chi connectivity index (χ3n) is 2.24. The molecule has 0 unspecified atom stereocenters. The van der Waals surface area contributed by atoms with Crippen molar-refractivity contribution in [3.63, 3.8) is 0 Å². The van der Waals surface area contributed by atoms with Crippen LogP contribution >= 0.6 is 39.1 Å². The van der Waals surface area contributed by atoms with E-state index in [0.717, 1.165) is 15.7 Å². The Balaban J connectivity index is 2.10. The standard InChI is InChI=1S/C12H9BrCl2N2/c13-9-4-3-8(10(14)6-9)7-17-11-2-1-5-16-12(11)15/h1-6,17H,7H2. The highest BCUT2D eigenvalue weighted by atomic mass is 79.9. The third kappa shape index (κ3) is 3.35. The molecular weight excluding hydrogens is 323 g/mol. The first-order valence-corrected chi connectivity index (χ1v) is 6.50.